The van der Waals surface area contributed by atoms with E-state index in [-0.39, 0.29) is 0 Å². The monoisotopic (exact) mass is 354 g/mol. The molecule has 1 heterocycles. The number of rotatable bonds is 7. The van der Waals surface area contributed by atoms with Crippen molar-refractivity contribution in [3.05, 3.63) is 28.2 Å². The van der Waals surface area contributed by atoms with E-state index in [2.05, 4.69) is 38.3 Å². The van der Waals surface area contributed by atoms with Crippen LogP contribution < -0.4 is 10.1 Å². The summed E-state index contributed by atoms with van der Waals surface area (Å²) in [7, 11) is 0. The van der Waals surface area contributed by atoms with Crippen molar-refractivity contribution in [2.24, 2.45) is 0 Å². The Morgan fingerprint density at radius 2 is 2.10 bits per heavy atom. The van der Waals surface area contributed by atoms with Crippen LogP contribution >= 0.6 is 15.9 Å². The maximum atomic E-state index is 5.90. The van der Waals surface area contributed by atoms with Gasteiger partial charge in [0.1, 0.15) is 12.4 Å². The highest BCUT2D eigenvalue weighted by Gasteiger charge is 2.20. The molecule has 0 bridgehead atoms. The van der Waals surface area contributed by atoms with Gasteiger partial charge in [-0.05, 0) is 36.6 Å². The molecule has 4 nitrogen and oxygen atoms in total. The molecule has 0 unspecified atom stereocenters. The van der Waals surface area contributed by atoms with Crippen LogP contribution in [0.4, 0.5) is 0 Å². The lowest BCUT2D eigenvalue weighted by molar-refractivity contribution is 0.0322. The maximum absolute atomic E-state index is 5.90. The van der Waals surface area contributed by atoms with Crippen LogP contribution in [0.1, 0.15) is 18.4 Å². The Morgan fingerprint density at radius 1 is 1.29 bits per heavy atom. The minimum atomic E-state index is 0.725. The molecule has 0 amide bonds. The third-order valence-corrected chi connectivity index (χ3v) is 4.73. The van der Waals surface area contributed by atoms with Crippen molar-refractivity contribution < 1.29 is 9.47 Å². The molecule has 1 N–H and O–H groups in total. The van der Waals surface area contributed by atoms with Crippen LogP contribution in [0.25, 0.3) is 0 Å². The third-order valence-electron chi connectivity index (χ3n) is 3.96. The largest absolute Gasteiger partial charge is 0.492 e. The Morgan fingerprint density at radius 3 is 2.86 bits per heavy atom. The Bertz CT molecular complexity index is 460. The van der Waals surface area contributed by atoms with Crippen molar-refractivity contribution in [3.8, 4) is 5.75 Å². The Kier molecular flexibility index (Phi) is 5.52. The van der Waals surface area contributed by atoms with Gasteiger partial charge in [-0.25, -0.2) is 0 Å². The fourth-order valence-corrected chi connectivity index (χ4v) is 2.82. The highest BCUT2D eigenvalue weighted by molar-refractivity contribution is 9.10. The first kappa shape index (κ1) is 15.3. The lowest BCUT2D eigenvalue weighted by Crippen LogP contribution is -2.38. The normalized spacial score (nSPS) is 19.7. The van der Waals surface area contributed by atoms with E-state index in [0.717, 1.165) is 62.3 Å². The first-order valence-electron chi connectivity index (χ1n) is 7.76. The van der Waals surface area contributed by atoms with Gasteiger partial charge in [0, 0.05) is 36.7 Å². The van der Waals surface area contributed by atoms with E-state index in [1.165, 1.54) is 18.4 Å². The molecule has 3 rings (SSSR count). The second-order valence-electron chi connectivity index (χ2n) is 5.71. The summed E-state index contributed by atoms with van der Waals surface area (Å²) in [4.78, 5) is 2.39. The SMILES string of the molecule is Brc1ccc(OCCN2CCOCC2)cc1CNC1CC1. The van der Waals surface area contributed by atoms with Gasteiger partial charge in [0.2, 0.25) is 0 Å². The highest BCUT2D eigenvalue weighted by atomic mass is 79.9. The van der Waals surface area contributed by atoms with E-state index in [0.29, 0.717) is 0 Å². The summed E-state index contributed by atoms with van der Waals surface area (Å²) < 4.78 is 12.4. The minimum Gasteiger partial charge on any atom is -0.492 e. The summed E-state index contributed by atoms with van der Waals surface area (Å²) in [5.41, 5.74) is 1.27. The predicted octanol–water partition coefficient (Wildman–Crippen LogP) is 2.41. The van der Waals surface area contributed by atoms with Crippen LogP contribution in [0.5, 0.6) is 5.75 Å². The zero-order chi connectivity index (χ0) is 14.5. The smallest absolute Gasteiger partial charge is 0.119 e. The molecule has 0 radical (unpaired) electrons. The quantitative estimate of drug-likeness (QED) is 0.815. The number of ether oxygens (including phenoxy) is 2. The number of morpholine rings is 1. The van der Waals surface area contributed by atoms with Crippen molar-refractivity contribution >= 4 is 15.9 Å². The van der Waals surface area contributed by atoms with Crippen LogP contribution in [0.2, 0.25) is 0 Å². The van der Waals surface area contributed by atoms with Crippen LogP contribution in [0.3, 0.4) is 0 Å². The summed E-state index contributed by atoms with van der Waals surface area (Å²) in [6, 6.07) is 6.97. The average Bonchev–Trinajstić information content (AvgIpc) is 3.33. The molecule has 1 aromatic carbocycles. The maximum Gasteiger partial charge on any atom is 0.119 e. The molecule has 21 heavy (non-hydrogen) atoms. The fourth-order valence-electron chi connectivity index (χ4n) is 2.44. The lowest BCUT2D eigenvalue weighted by atomic mass is 10.2. The molecule has 1 aliphatic carbocycles. The van der Waals surface area contributed by atoms with Crippen molar-refractivity contribution in [3.63, 3.8) is 0 Å². The first-order valence-corrected chi connectivity index (χ1v) is 8.55. The van der Waals surface area contributed by atoms with Gasteiger partial charge in [-0.15, -0.1) is 0 Å². The van der Waals surface area contributed by atoms with Gasteiger partial charge in [0.15, 0.2) is 0 Å². The molecule has 5 heteroatoms. The Balaban J connectivity index is 1.46. The van der Waals surface area contributed by atoms with Crippen molar-refractivity contribution in [1.29, 1.82) is 0 Å². The van der Waals surface area contributed by atoms with Gasteiger partial charge < -0.3 is 14.8 Å². The van der Waals surface area contributed by atoms with Gasteiger partial charge in [0.05, 0.1) is 13.2 Å². The molecule has 1 aliphatic heterocycles. The molecule has 0 aromatic heterocycles. The molecular weight excluding hydrogens is 332 g/mol. The summed E-state index contributed by atoms with van der Waals surface area (Å²) in [6.45, 7) is 6.32. The molecule has 0 spiro atoms. The van der Waals surface area contributed by atoms with E-state index >= 15 is 0 Å². The Labute approximate surface area is 134 Å². The molecule has 116 valence electrons. The summed E-state index contributed by atoms with van der Waals surface area (Å²) in [5, 5.41) is 3.54. The number of nitrogens with one attached hydrogen (secondary N) is 1. The van der Waals surface area contributed by atoms with Crippen LogP contribution in [-0.2, 0) is 11.3 Å². The lowest BCUT2D eigenvalue weighted by Gasteiger charge is -2.26. The van der Waals surface area contributed by atoms with Crippen LogP contribution in [0.15, 0.2) is 22.7 Å². The van der Waals surface area contributed by atoms with E-state index in [4.69, 9.17) is 9.47 Å². The average molecular weight is 355 g/mol. The minimum absolute atomic E-state index is 0.725. The van der Waals surface area contributed by atoms with Gasteiger partial charge in [0.25, 0.3) is 0 Å². The first-order chi connectivity index (χ1) is 10.3. The molecule has 1 saturated heterocycles. The number of nitrogens with zero attached hydrogens (tertiary/aromatic N) is 1. The molecule has 2 aliphatic rings. The van der Waals surface area contributed by atoms with Crippen LogP contribution in [-0.4, -0.2) is 50.4 Å². The second kappa shape index (κ2) is 7.58. The number of halogens is 1. The van der Waals surface area contributed by atoms with Crippen molar-refractivity contribution in [2.45, 2.75) is 25.4 Å². The third kappa shape index (κ3) is 4.95. The summed E-state index contributed by atoms with van der Waals surface area (Å²) in [5.74, 6) is 0.957. The second-order valence-corrected chi connectivity index (χ2v) is 6.57. The van der Waals surface area contributed by atoms with Gasteiger partial charge >= 0.3 is 0 Å². The Hall–Kier alpha value is -0.620. The van der Waals surface area contributed by atoms with Crippen molar-refractivity contribution in [1.82, 2.24) is 10.2 Å². The molecule has 2 fully saturated rings. The topological polar surface area (TPSA) is 33.7 Å². The van der Waals surface area contributed by atoms with Crippen molar-refractivity contribution in [2.75, 3.05) is 39.5 Å². The van der Waals surface area contributed by atoms with Gasteiger partial charge in [-0.3, -0.25) is 4.90 Å². The highest BCUT2D eigenvalue weighted by Crippen LogP contribution is 2.25. The number of benzene rings is 1. The zero-order valence-corrected chi connectivity index (χ0v) is 13.9. The van der Waals surface area contributed by atoms with E-state index < -0.39 is 0 Å². The molecule has 1 saturated carbocycles. The van der Waals surface area contributed by atoms with E-state index in [1.807, 2.05) is 6.07 Å². The van der Waals surface area contributed by atoms with Gasteiger partial charge in [-0.2, -0.15) is 0 Å². The summed E-state index contributed by atoms with van der Waals surface area (Å²) >= 11 is 3.61. The predicted molar refractivity (Wildman–Crippen MR) is 86.8 cm³/mol. The standard InChI is InChI=1S/C16H23BrN2O2/c17-16-4-3-15(11-13(16)12-18-14-1-2-14)21-10-7-19-5-8-20-9-6-19/h3-4,11,14,18H,1-2,5-10,12H2. The van der Waals surface area contributed by atoms with E-state index in [1.54, 1.807) is 0 Å². The fraction of sp³-hybridized carbons (Fsp3) is 0.625. The zero-order valence-electron chi connectivity index (χ0n) is 12.3. The molecule has 0 atom stereocenters. The molecular formula is C16H23BrN2O2. The number of hydrogen-bond donors (Lipinski definition) is 1. The van der Waals surface area contributed by atoms with E-state index in [9.17, 15) is 0 Å². The number of hydrogen-bond acceptors (Lipinski definition) is 4. The molecule has 1 aromatic rings. The summed E-state index contributed by atoms with van der Waals surface area (Å²) in [6.07, 6.45) is 2.63. The van der Waals surface area contributed by atoms with Crippen LogP contribution in [0, 0.1) is 0 Å². The van der Waals surface area contributed by atoms with Gasteiger partial charge in [-0.1, -0.05) is 15.9 Å².